The van der Waals surface area contributed by atoms with E-state index in [2.05, 4.69) is 5.32 Å². The highest BCUT2D eigenvalue weighted by atomic mass is 35.5. The first-order valence-corrected chi connectivity index (χ1v) is 14.4. The van der Waals surface area contributed by atoms with Gasteiger partial charge in [-0.3, -0.25) is 13.9 Å². The molecule has 0 fully saturated rings. The summed E-state index contributed by atoms with van der Waals surface area (Å²) in [5, 5.41) is 3.81. The average Bonchev–Trinajstić information content (AvgIpc) is 2.88. The molecule has 0 aliphatic heterocycles. The Morgan fingerprint density at radius 2 is 1.42 bits per heavy atom. The highest BCUT2D eigenvalue weighted by Crippen LogP contribution is 2.25. The quantitative estimate of drug-likeness (QED) is 0.326. The van der Waals surface area contributed by atoms with Gasteiger partial charge in [0.25, 0.3) is 10.0 Å². The largest absolute Gasteiger partial charge is 0.352 e. The summed E-state index contributed by atoms with van der Waals surface area (Å²) in [5.41, 5.74) is 1.08. The zero-order valence-corrected chi connectivity index (χ0v) is 23.8. The molecule has 0 radical (unpaired) electrons. The van der Waals surface area contributed by atoms with Gasteiger partial charge in [-0.2, -0.15) is 0 Å². The molecule has 1 unspecified atom stereocenters. The standard InChI is InChI=1S/C28H31Cl2N3O4S/c1-4-26(28(35)31-20(2)3)32(18-21-10-12-22(29)13-11-21)27(34)19-33(24-8-6-5-7-9-24)38(36,37)25-16-14-23(30)15-17-25/h5-17,20,26H,4,18-19H2,1-3H3,(H,31,35). The van der Waals surface area contributed by atoms with Gasteiger partial charge in [-0.25, -0.2) is 8.42 Å². The molecule has 38 heavy (non-hydrogen) atoms. The van der Waals surface area contributed by atoms with Gasteiger partial charge in [0.1, 0.15) is 12.6 Å². The van der Waals surface area contributed by atoms with Crippen LogP contribution in [0.3, 0.4) is 0 Å². The van der Waals surface area contributed by atoms with Gasteiger partial charge in [0.05, 0.1) is 10.6 Å². The predicted molar refractivity (Wildman–Crippen MR) is 152 cm³/mol. The second-order valence-electron chi connectivity index (χ2n) is 9.04. The van der Waals surface area contributed by atoms with E-state index in [9.17, 15) is 18.0 Å². The van der Waals surface area contributed by atoms with Crippen molar-refractivity contribution in [2.75, 3.05) is 10.8 Å². The lowest BCUT2D eigenvalue weighted by Crippen LogP contribution is -2.53. The second-order valence-corrected chi connectivity index (χ2v) is 11.8. The van der Waals surface area contributed by atoms with Crippen molar-refractivity contribution in [3.63, 3.8) is 0 Å². The third-order valence-electron chi connectivity index (χ3n) is 5.81. The number of carbonyl (C=O) groups excluding carboxylic acids is 2. The van der Waals surface area contributed by atoms with Crippen LogP contribution >= 0.6 is 23.2 Å². The van der Waals surface area contributed by atoms with Gasteiger partial charge < -0.3 is 10.2 Å². The molecule has 0 saturated carbocycles. The summed E-state index contributed by atoms with van der Waals surface area (Å²) in [6.07, 6.45) is 0.340. The van der Waals surface area contributed by atoms with E-state index in [1.807, 2.05) is 20.8 Å². The summed E-state index contributed by atoms with van der Waals surface area (Å²) in [5.74, 6) is -0.830. The van der Waals surface area contributed by atoms with E-state index in [0.29, 0.717) is 22.2 Å². The topological polar surface area (TPSA) is 86.8 Å². The van der Waals surface area contributed by atoms with Crippen molar-refractivity contribution >= 4 is 50.7 Å². The van der Waals surface area contributed by atoms with Gasteiger partial charge in [-0.15, -0.1) is 0 Å². The summed E-state index contributed by atoms with van der Waals surface area (Å²) in [6, 6.07) is 20.2. The van der Waals surface area contributed by atoms with Gasteiger partial charge in [0, 0.05) is 22.6 Å². The summed E-state index contributed by atoms with van der Waals surface area (Å²) in [4.78, 5) is 28.4. The molecule has 10 heteroatoms. The Kier molecular flexibility index (Phi) is 10.2. The number of amides is 2. The molecule has 0 aliphatic carbocycles. The number of carbonyl (C=O) groups is 2. The minimum atomic E-state index is -4.14. The lowest BCUT2D eigenvalue weighted by atomic mass is 10.1. The maximum atomic E-state index is 13.9. The maximum absolute atomic E-state index is 13.9. The van der Waals surface area contributed by atoms with E-state index < -0.39 is 28.5 Å². The lowest BCUT2D eigenvalue weighted by molar-refractivity contribution is -0.140. The minimum Gasteiger partial charge on any atom is -0.352 e. The Bertz CT molecular complexity index is 1330. The molecule has 0 bridgehead atoms. The molecule has 0 heterocycles. The van der Waals surface area contributed by atoms with Gasteiger partial charge in [0.15, 0.2) is 0 Å². The van der Waals surface area contributed by atoms with E-state index >= 15 is 0 Å². The molecule has 1 N–H and O–H groups in total. The zero-order valence-electron chi connectivity index (χ0n) is 21.5. The molecule has 1 atom stereocenters. The van der Waals surface area contributed by atoms with Gasteiger partial charge >= 0.3 is 0 Å². The number of para-hydroxylation sites is 1. The van der Waals surface area contributed by atoms with Crippen LogP contribution in [0.15, 0.2) is 83.8 Å². The van der Waals surface area contributed by atoms with Crippen molar-refractivity contribution in [3.8, 4) is 0 Å². The Labute approximate surface area is 234 Å². The minimum absolute atomic E-state index is 0.00704. The van der Waals surface area contributed by atoms with E-state index in [1.165, 1.54) is 29.2 Å². The molecule has 3 aromatic rings. The molecular formula is C28H31Cl2N3O4S. The highest BCUT2D eigenvalue weighted by molar-refractivity contribution is 7.92. The lowest BCUT2D eigenvalue weighted by Gasteiger charge is -2.33. The Morgan fingerprint density at radius 3 is 1.95 bits per heavy atom. The molecule has 2 amide bonds. The Morgan fingerprint density at radius 1 is 0.868 bits per heavy atom. The molecule has 0 aromatic heterocycles. The first-order chi connectivity index (χ1) is 18.0. The molecular weight excluding hydrogens is 545 g/mol. The SMILES string of the molecule is CCC(C(=O)NC(C)C)N(Cc1ccc(Cl)cc1)C(=O)CN(c1ccccc1)S(=O)(=O)c1ccc(Cl)cc1. The van der Waals surface area contributed by atoms with Crippen molar-refractivity contribution < 1.29 is 18.0 Å². The van der Waals surface area contributed by atoms with Crippen LogP contribution in [-0.2, 0) is 26.2 Å². The second kappa shape index (κ2) is 13.1. The normalized spacial score (nSPS) is 12.2. The number of anilines is 1. The van der Waals surface area contributed by atoms with Crippen LogP contribution in [0.1, 0.15) is 32.8 Å². The third kappa shape index (κ3) is 7.49. The number of hydrogen-bond donors (Lipinski definition) is 1. The summed E-state index contributed by atoms with van der Waals surface area (Å²) in [6.45, 7) is 5.08. The van der Waals surface area contributed by atoms with E-state index in [0.717, 1.165) is 9.87 Å². The average molecular weight is 577 g/mol. The van der Waals surface area contributed by atoms with Gasteiger partial charge in [-0.1, -0.05) is 60.5 Å². The molecule has 3 aromatic carbocycles. The fraction of sp³-hybridized carbons (Fsp3) is 0.286. The highest BCUT2D eigenvalue weighted by Gasteiger charge is 2.33. The number of halogens is 2. The van der Waals surface area contributed by atoms with Crippen LogP contribution in [0, 0.1) is 0 Å². The zero-order chi connectivity index (χ0) is 27.9. The first kappa shape index (κ1) is 29.5. The van der Waals surface area contributed by atoms with Crippen molar-refractivity contribution in [1.82, 2.24) is 10.2 Å². The van der Waals surface area contributed by atoms with Crippen LogP contribution in [-0.4, -0.2) is 43.8 Å². The monoisotopic (exact) mass is 575 g/mol. The van der Waals surface area contributed by atoms with Crippen LogP contribution < -0.4 is 9.62 Å². The maximum Gasteiger partial charge on any atom is 0.264 e. The Hall–Kier alpha value is -3.07. The molecule has 0 saturated heterocycles. The number of rotatable bonds is 11. The van der Waals surface area contributed by atoms with Crippen LogP contribution in [0.25, 0.3) is 0 Å². The fourth-order valence-electron chi connectivity index (χ4n) is 3.94. The third-order valence-corrected chi connectivity index (χ3v) is 8.10. The van der Waals surface area contributed by atoms with Crippen LogP contribution in [0.5, 0.6) is 0 Å². The van der Waals surface area contributed by atoms with Crippen LogP contribution in [0.4, 0.5) is 5.69 Å². The Balaban J connectivity index is 2.03. The van der Waals surface area contributed by atoms with Crippen LogP contribution in [0.2, 0.25) is 10.0 Å². The summed E-state index contributed by atoms with van der Waals surface area (Å²) >= 11 is 12.0. The molecule has 202 valence electrons. The van der Waals surface area contributed by atoms with E-state index in [-0.39, 0.29) is 23.4 Å². The number of sulfonamides is 1. The number of nitrogens with one attached hydrogen (secondary N) is 1. The number of nitrogens with zero attached hydrogens (tertiary/aromatic N) is 2. The summed E-state index contributed by atoms with van der Waals surface area (Å²) < 4.78 is 28.5. The van der Waals surface area contributed by atoms with Crippen molar-refractivity contribution in [3.05, 3.63) is 94.5 Å². The molecule has 3 rings (SSSR count). The van der Waals surface area contributed by atoms with E-state index in [1.54, 1.807) is 54.6 Å². The smallest absolute Gasteiger partial charge is 0.264 e. The summed E-state index contributed by atoms with van der Waals surface area (Å²) in [7, 11) is -4.14. The number of hydrogen-bond acceptors (Lipinski definition) is 4. The fourth-order valence-corrected chi connectivity index (χ4v) is 5.61. The van der Waals surface area contributed by atoms with Crippen molar-refractivity contribution in [2.24, 2.45) is 0 Å². The van der Waals surface area contributed by atoms with Gasteiger partial charge in [0.2, 0.25) is 11.8 Å². The predicted octanol–water partition coefficient (Wildman–Crippen LogP) is 5.52. The first-order valence-electron chi connectivity index (χ1n) is 12.2. The molecule has 0 spiro atoms. The van der Waals surface area contributed by atoms with Crippen molar-refractivity contribution in [2.45, 2.75) is 50.7 Å². The molecule has 0 aliphatic rings. The molecule has 7 nitrogen and oxygen atoms in total. The van der Waals surface area contributed by atoms with E-state index in [4.69, 9.17) is 23.2 Å². The van der Waals surface area contributed by atoms with Gasteiger partial charge in [-0.05, 0) is 74.4 Å². The van der Waals surface area contributed by atoms with Crippen molar-refractivity contribution in [1.29, 1.82) is 0 Å². The number of benzene rings is 3.